The summed E-state index contributed by atoms with van der Waals surface area (Å²) in [6.07, 6.45) is 2.46. The van der Waals surface area contributed by atoms with Gasteiger partial charge in [-0.2, -0.15) is 8.78 Å². The molecule has 3 aliphatic rings. The van der Waals surface area contributed by atoms with Gasteiger partial charge in [0.15, 0.2) is 0 Å². The van der Waals surface area contributed by atoms with Crippen molar-refractivity contribution in [3.63, 3.8) is 0 Å². The highest BCUT2D eigenvalue weighted by Crippen LogP contribution is 2.50. The number of amides is 1. The maximum atomic E-state index is 13.3. The Balaban J connectivity index is 1.40. The molecule has 9 heteroatoms. The first-order chi connectivity index (χ1) is 17.0. The zero-order valence-electron chi connectivity index (χ0n) is 18.8. The lowest BCUT2D eigenvalue weighted by molar-refractivity contribution is -0.0507. The molecular formula is C26H21F2N5O2. The lowest BCUT2D eigenvalue weighted by Gasteiger charge is -2.24. The van der Waals surface area contributed by atoms with E-state index in [0.29, 0.717) is 18.8 Å². The molecule has 2 bridgehead atoms. The van der Waals surface area contributed by atoms with E-state index in [1.54, 1.807) is 18.3 Å². The molecule has 35 heavy (non-hydrogen) atoms. The van der Waals surface area contributed by atoms with Crippen molar-refractivity contribution in [1.29, 1.82) is 0 Å². The van der Waals surface area contributed by atoms with E-state index in [1.165, 1.54) is 0 Å². The first kappa shape index (κ1) is 20.5. The van der Waals surface area contributed by atoms with E-state index < -0.39 is 6.61 Å². The molecule has 3 aliphatic heterocycles. The fraction of sp³-hybridized carbons (Fsp3) is 0.269. The van der Waals surface area contributed by atoms with E-state index in [1.807, 2.05) is 31.3 Å². The summed E-state index contributed by atoms with van der Waals surface area (Å²) in [6.45, 7) is -1.78. The van der Waals surface area contributed by atoms with Crippen LogP contribution in [0.2, 0.25) is 0 Å². The largest absolute Gasteiger partial charge is 0.434 e. The molecule has 7 rings (SSSR count). The molecular weight excluding hydrogens is 452 g/mol. The second kappa shape index (κ2) is 7.32. The normalized spacial score (nSPS) is 20.5. The Morgan fingerprint density at radius 1 is 1.11 bits per heavy atom. The molecule has 2 aromatic carbocycles. The van der Waals surface area contributed by atoms with Crippen LogP contribution < -0.4 is 10.1 Å². The van der Waals surface area contributed by atoms with Crippen molar-refractivity contribution in [1.82, 2.24) is 24.8 Å². The van der Waals surface area contributed by atoms with Crippen molar-refractivity contribution in [3.05, 3.63) is 76.9 Å². The number of rotatable bonds is 3. The summed E-state index contributed by atoms with van der Waals surface area (Å²) in [4.78, 5) is 23.4. The van der Waals surface area contributed by atoms with E-state index in [0.717, 1.165) is 51.1 Å². The summed E-state index contributed by atoms with van der Waals surface area (Å²) in [5, 5.41) is 2.80. The van der Waals surface area contributed by atoms with Gasteiger partial charge < -0.3 is 14.6 Å². The van der Waals surface area contributed by atoms with Gasteiger partial charge in [0.05, 0.1) is 23.1 Å². The van der Waals surface area contributed by atoms with E-state index in [2.05, 4.69) is 25.8 Å². The summed E-state index contributed by atoms with van der Waals surface area (Å²) in [5.41, 5.74) is 6.80. The second-order valence-electron chi connectivity index (χ2n) is 9.35. The Kier molecular flexibility index (Phi) is 4.29. The number of carbonyl (C=O) groups excluding carboxylic acids is 1. The van der Waals surface area contributed by atoms with Crippen LogP contribution in [0.25, 0.3) is 22.2 Å². The minimum Gasteiger partial charge on any atom is -0.434 e. The van der Waals surface area contributed by atoms with Gasteiger partial charge in [0, 0.05) is 36.0 Å². The van der Waals surface area contributed by atoms with Gasteiger partial charge in [0.2, 0.25) is 0 Å². The Morgan fingerprint density at radius 2 is 2.00 bits per heavy atom. The summed E-state index contributed by atoms with van der Waals surface area (Å²) in [5.74, 6) is 1.01. The minimum atomic E-state index is -2.89. The van der Waals surface area contributed by atoms with Gasteiger partial charge in [0.25, 0.3) is 5.91 Å². The number of imidazole rings is 1. The number of halogens is 2. The van der Waals surface area contributed by atoms with Crippen molar-refractivity contribution < 1.29 is 18.3 Å². The molecule has 1 N–H and O–H groups in total. The van der Waals surface area contributed by atoms with Gasteiger partial charge >= 0.3 is 6.61 Å². The highest BCUT2D eigenvalue weighted by Gasteiger charge is 2.42. The maximum absolute atomic E-state index is 13.3. The molecule has 0 unspecified atom stereocenters. The third-order valence-electron chi connectivity index (χ3n) is 7.38. The standard InChI is InChI=1S/C26H21F2N5O2/c1-32-12-14-3-2-4-21(35-26(27)28)22(14)19-9-20(32)24-31-17-6-5-13(8-18(17)33(19)24)15-7-16-11-30-25(34)23(16)29-10-15/h2-8,10,19-20,26H,9,11-12H2,1H3,(H,30,34)/t19-,20-/m1/s1. The van der Waals surface area contributed by atoms with Crippen LogP contribution in [0, 0.1) is 0 Å². The number of alkyl halides is 2. The minimum absolute atomic E-state index is 0.0707. The van der Waals surface area contributed by atoms with E-state index in [9.17, 15) is 13.6 Å². The zero-order valence-corrected chi connectivity index (χ0v) is 18.8. The Labute approximate surface area is 199 Å². The van der Waals surface area contributed by atoms with Crippen LogP contribution in [0.4, 0.5) is 8.78 Å². The monoisotopic (exact) mass is 473 g/mol. The molecule has 4 aromatic rings. The van der Waals surface area contributed by atoms with Crippen LogP contribution in [0.15, 0.2) is 48.7 Å². The summed E-state index contributed by atoms with van der Waals surface area (Å²) >= 11 is 0. The molecule has 2 aromatic heterocycles. The van der Waals surface area contributed by atoms with E-state index in [4.69, 9.17) is 9.72 Å². The first-order valence-electron chi connectivity index (χ1n) is 11.5. The van der Waals surface area contributed by atoms with Gasteiger partial charge in [-0.05, 0) is 48.9 Å². The molecule has 0 radical (unpaired) electrons. The molecule has 1 amide bonds. The average molecular weight is 473 g/mol. The van der Waals surface area contributed by atoms with Crippen molar-refractivity contribution in [2.75, 3.05) is 7.05 Å². The fourth-order valence-electron chi connectivity index (χ4n) is 5.85. The van der Waals surface area contributed by atoms with E-state index in [-0.39, 0.29) is 23.7 Å². The molecule has 0 saturated carbocycles. The van der Waals surface area contributed by atoms with Crippen LogP contribution in [0.3, 0.4) is 0 Å². The number of hydrogen-bond donors (Lipinski definition) is 1. The lowest BCUT2D eigenvalue weighted by atomic mass is 9.97. The van der Waals surface area contributed by atoms with Gasteiger partial charge in [-0.3, -0.25) is 14.7 Å². The Hall–Kier alpha value is -3.85. The van der Waals surface area contributed by atoms with Crippen LogP contribution in [-0.2, 0) is 13.1 Å². The average Bonchev–Trinajstić information content (AvgIpc) is 3.47. The van der Waals surface area contributed by atoms with E-state index >= 15 is 0 Å². The number of nitrogens with one attached hydrogen (secondary N) is 1. The first-order valence-corrected chi connectivity index (χ1v) is 11.5. The van der Waals surface area contributed by atoms with Gasteiger partial charge in [-0.25, -0.2) is 4.98 Å². The van der Waals surface area contributed by atoms with Crippen molar-refractivity contribution in [3.8, 4) is 16.9 Å². The van der Waals surface area contributed by atoms with Crippen LogP contribution >= 0.6 is 0 Å². The van der Waals surface area contributed by atoms with Gasteiger partial charge in [0.1, 0.15) is 17.3 Å². The maximum Gasteiger partial charge on any atom is 0.387 e. The molecule has 176 valence electrons. The second-order valence-corrected chi connectivity index (χ2v) is 9.35. The molecule has 0 saturated heterocycles. The van der Waals surface area contributed by atoms with Crippen LogP contribution in [0.1, 0.15) is 51.5 Å². The number of fused-ring (bicyclic) bond motifs is 10. The third-order valence-corrected chi connectivity index (χ3v) is 7.38. The number of pyridine rings is 1. The van der Waals surface area contributed by atoms with Crippen LogP contribution in [-0.4, -0.2) is 39.0 Å². The summed E-state index contributed by atoms with van der Waals surface area (Å²) < 4.78 is 33.7. The van der Waals surface area contributed by atoms with Crippen molar-refractivity contribution in [2.45, 2.75) is 38.2 Å². The highest BCUT2D eigenvalue weighted by atomic mass is 19.3. The zero-order chi connectivity index (χ0) is 23.8. The van der Waals surface area contributed by atoms with Gasteiger partial charge in [-0.1, -0.05) is 18.2 Å². The Bertz CT molecular complexity index is 1530. The topological polar surface area (TPSA) is 72.3 Å². The van der Waals surface area contributed by atoms with Crippen LogP contribution in [0.5, 0.6) is 5.75 Å². The third kappa shape index (κ3) is 3.01. The smallest absolute Gasteiger partial charge is 0.387 e. The molecule has 0 spiro atoms. The molecule has 7 nitrogen and oxygen atoms in total. The lowest BCUT2D eigenvalue weighted by Crippen LogP contribution is -2.23. The molecule has 2 atom stereocenters. The number of carbonyl (C=O) groups is 1. The number of aromatic nitrogens is 3. The van der Waals surface area contributed by atoms with Crippen molar-refractivity contribution >= 4 is 16.9 Å². The van der Waals surface area contributed by atoms with Crippen molar-refractivity contribution in [2.24, 2.45) is 0 Å². The molecule has 0 fully saturated rings. The number of ether oxygens (including phenoxy) is 1. The van der Waals surface area contributed by atoms with Gasteiger partial charge in [-0.15, -0.1) is 0 Å². The molecule has 0 aliphatic carbocycles. The highest BCUT2D eigenvalue weighted by molar-refractivity contribution is 5.97. The SMILES string of the molecule is CN1Cc2cccc(OC(F)F)c2[C@H]2C[C@@H]1c1nc3ccc(-c4cnc5c(c4)CNC5=O)cc3n12. The molecule has 5 heterocycles. The number of benzene rings is 2. The predicted molar refractivity (Wildman–Crippen MR) is 124 cm³/mol. The quantitative estimate of drug-likeness (QED) is 0.477. The fourth-order valence-corrected chi connectivity index (χ4v) is 5.85. The number of nitrogens with zero attached hydrogens (tertiary/aromatic N) is 4. The summed E-state index contributed by atoms with van der Waals surface area (Å²) in [7, 11) is 2.05. The predicted octanol–water partition coefficient (Wildman–Crippen LogP) is 4.42. The number of hydrogen-bond acceptors (Lipinski definition) is 5. The summed E-state index contributed by atoms with van der Waals surface area (Å²) in [6, 6.07) is 13.4. The Morgan fingerprint density at radius 3 is 2.86 bits per heavy atom.